The topological polar surface area (TPSA) is 81.5 Å². The molecule has 0 aliphatic heterocycles. The Bertz CT molecular complexity index is 936. The molecule has 2 aromatic rings. The largest absolute Gasteiger partial charge is 0.338 e. The van der Waals surface area contributed by atoms with Gasteiger partial charge in [0.15, 0.2) is 0 Å². The highest BCUT2D eigenvalue weighted by molar-refractivity contribution is 7.92. The first kappa shape index (κ1) is 20.5. The number of hydrogen-bond acceptors (Lipinski definition) is 4. The van der Waals surface area contributed by atoms with Crippen molar-refractivity contribution in [2.45, 2.75) is 18.7 Å². The summed E-state index contributed by atoms with van der Waals surface area (Å²) in [7, 11) is -2.32. The Kier molecular flexibility index (Phi) is 6.59. The van der Waals surface area contributed by atoms with Crippen molar-refractivity contribution in [2.75, 3.05) is 24.4 Å². The van der Waals surface area contributed by atoms with Crippen molar-refractivity contribution in [1.82, 2.24) is 4.90 Å². The van der Waals surface area contributed by atoms with E-state index < -0.39 is 10.0 Å². The summed E-state index contributed by atoms with van der Waals surface area (Å²) in [4.78, 5) is 14.3. The van der Waals surface area contributed by atoms with Crippen LogP contribution in [0.3, 0.4) is 0 Å². The second kappa shape index (κ2) is 8.69. The van der Waals surface area contributed by atoms with Crippen LogP contribution in [0.25, 0.3) is 0 Å². The summed E-state index contributed by atoms with van der Waals surface area (Å²) < 4.78 is 27.0. The van der Waals surface area contributed by atoms with Crippen LogP contribution in [0.4, 0.5) is 5.69 Å². The zero-order valence-corrected chi connectivity index (χ0v) is 16.5. The van der Waals surface area contributed by atoms with Gasteiger partial charge in [-0.15, -0.1) is 0 Å². The number of sulfonamides is 1. The zero-order valence-electron chi connectivity index (χ0n) is 15.7. The molecule has 2 aromatic carbocycles. The summed E-state index contributed by atoms with van der Waals surface area (Å²) in [5.74, 6) is -0.593. The molecular formula is C20H23N3O3S. The Morgan fingerprint density at radius 3 is 2.41 bits per heavy atom. The van der Waals surface area contributed by atoms with E-state index in [-0.39, 0.29) is 22.3 Å². The van der Waals surface area contributed by atoms with E-state index in [1.165, 1.54) is 23.5 Å². The number of carbonyl (C=O) groups excluding carboxylic acids is 1. The van der Waals surface area contributed by atoms with Crippen LogP contribution in [0.2, 0.25) is 0 Å². The molecule has 0 N–H and O–H groups in total. The second-order valence-electron chi connectivity index (χ2n) is 6.21. The van der Waals surface area contributed by atoms with Crippen LogP contribution in [0.15, 0.2) is 59.5 Å². The minimum absolute atomic E-state index is 0.0455. The maximum atomic E-state index is 12.9. The zero-order chi connectivity index (χ0) is 20.0. The molecule has 142 valence electrons. The quantitative estimate of drug-likeness (QED) is 0.733. The van der Waals surface area contributed by atoms with Crippen molar-refractivity contribution >= 4 is 21.6 Å². The molecule has 7 heteroatoms. The van der Waals surface area contributed by atoms with E-state index in [1.54, 1.807) is 48.2 Å². The molecule has 0 heterocycles. The van der Waals surface area contributed by atoms with Crippen molar-refractivity contribution in [3.05, 3.63) is 60.2 Å². The summed E-state index contributed by atoms with van der Waals surface area (Å²) in [5.41, 5.74) is 0.816. The summed E-state index contributed by atoms with van der Waals surface area (Å²) in [5, 5.41) is 8.98. The van der Waals surface area contributed by atoms with Gasteiger partial charge in [-0.05, 0) is 44.2 Å². The molecule has 0 radical (unpaired) electrons. The van der Waals surface area contributed by atoms with Gasteiger partial charge in [0, 0.05) is 25.7 Å². The van der Waals surface area contributed by atoms with Crippen molar-refractivity contribution in [3.63, 3.8) is 0 Å². The Labute approximate surface area is 160 Å². The molecule has 6 nitrogen and oxygen atoms in total. The molecule has 0 spiro atoms. The number of hydrogen-bond donors (Lipinski definition) is 0. The highest BCUT2D eigenvalue weighted by Crippen LogP contribution is 2.22. The molecule has 0 saturated carbocycles. The number of benzene rings is 2. The predicted molar refractivity (Wildman–Crippen MR) is 105 cm³/mol. The lowest BCUT2D eigenvalue weighted by Crippen LogP contribution is -2.34. The fourth-order valence-electron chi connectivity index (χ4n) is 2.63. The summed E-state index contributed by atoms with van der Waals surface area (Å²) in [6.07, 6.45) is 0. The second-order valence-corrected chi connectivity index (χ2v) is 8.18. The van der Waals surface area contributed by atoms with Crippen molar-refractivity contribution in [2.24, 2.45) is 5.92 Å². The van der Waals surface area contributed by atoms with E-state index in [4.69, 9.17) is 5.26 Å². The summed E-state index contributed by atoms with van der Waals surface area (Å²) in [6, 6.07) is 16.8. The normalized spacial score (nSPS) is 12.1. The van der Waals surface area contributed by atoms with Gasteiger partial charge in [-0.3, -0.25) is 9.10 Å². The number of amides is 1. The molecule has 0 aromatic heterocycles. The molecule has 1 amide bonds. The van der Waals surface area contributed by atoms with E-state index >= 15 is 0 Å². The fraction of sp³-hybridized carbons (Fsp3) is 0.300. The third-order valence-corrected chi connectivity index (χ3v) is 6.02. The molecule has 1 atom stereocenters. The SMILES string of the molecule is CCN(C[C@@H](C)C#N)C(=O)c1cccc(S(=O)(=O)N(C)c2ccccc2)c1. The fourth-order valence-corrected chi connectivity index (χ4v) is 3.88. The van der Waals surface area contributed by atoms with Gasteiger partial charge in [-0.2, -0.15) is 5.26 Å². The Balaban J connectivity index is 2.34. The smallest absolute Gasteiger partial charge is 0.264 e. The number of anilines is 1. The minimum Gasteiger partial charge on any atom is -0.338 e. The van der Waals surface area contributed by atoms with Crippen molar-refractivity contribution in [1.29, 1.82) is 5.26 Å². The first-order valence-corrected chi connectivity index (χ1v) is 10.1. The molecule has 0 unspecified atom stereocenters. The van der Waals surface area contributed by atoms with Crippen LogP contribution in [-0.2, 0) is 10.0 Å². The molecule has 0 bridgehead atoms. The number of para-hydroxylation sites is 1. The van der Waals surface area contributed by atoms with Gasteiger partial charge in [0.05, 0.1) is 22.6 Å². The van der Waals surface area contributed by atoms with Crippen LogP contribution >= 0.6 is 0 Å². The van der Waals surface area contributed by atoms with Gasteiger partial charge in [0.25, 0.3) is 15.9 Å². The average Bonchev–Trinajstić information content (AvgIpc) is 2.71. The first-order valence-electron chi connectivity index (χ1n) is 8.64. The Morgan fingerprint density at radius 1 is 1.15 bits per heavy atom. The summed E-state index contributed by atoms with van der Waals surface area (Å²) >= 11 is 0. The summed E-state index contributed by atoms with van der Waals surface area (Å²) in [6.45, 7) is 4.30. The van der Waals surface area contributed by atoms with Gasteiger partial charge in [0.2, 0.25) is 0 Å². The average molecular weight is 385 g/mol. The third-order valence-electron chi connectivity index (χ3n) is 4.24. The number of nitrogens with zero attached hydrogens (tertiary/aromatic N) is 3. The molecule has 2 rings (SSSR count). The Hall–Kier alpha value is -2.85. The molecule has 0 fully saturated rings. The number of carbonyl (C=O) groups is 1. The number of nitriles is 1. The van der Waals surface area contributed by atoms with E-state index in [0.29, 0.717) is 18.8 Å². The predicted octanol–water partition coefficient (Wildman–Crippen LogP) is 3.13. The van der Waals surface area contributed by atoms with Crippen LogP contribution < -0.4 is 4.31 Å². The molecule has 0 saturated heterocycles. The van der Waals surface area contributed by atoms with Gasteiger partial charge in [-0.1, -0.05) is 24.3 Å². The maximum absolute atomic E-state index is 12.9. The van der Waals surface area contributed by atoms with E-state index in [1.807, 2.05) is 13.0 Å². The molecule has 27 heavy (non-hydrogen) atoms. The van der Waals surface area contributed by atoms with E-state index in [0.717, 1.165) is 0 Å². The van der Waals surface area contributed by atoms with Crippen LogP contribution in [0.1, 0.15) is 24.2 Å². The maximum Gasteiger partial charge on any atom is 0.264 e. The molecule has 0 aliphatic carbocycles. The van der Waals surface area contributed by atoms with Crippen LogP contribution in [0, 0.1) is 17.2 Å². The lowest BCUT2D eigenvalue weighted by atomic mass is 10.1. The third kappa shape index (κ3) is 4.66. The van der Waals surface area contributed by atoms with Crippen LogP contribution in [0.5, 0.6) is 0 Å². The standard InChI is InChI=1S/C20H23N3O3S/c1-4-23(15-16(2)14-21)20(24)17-9-8-12-19(13-17)27(25,26)22(3)18-10-6-5-7-11-18/h5-13,16H,4,15H2,1-3H3/t16-/m0/s1. The molecule has 0 aliphatic rings. The van der Waals surface area contributed by atoms with Crippen molar-refractivity contribution in [3.8, 4) is 6.07 Å². The first-order chi connectivity index (χ1) is 12.8. The highest BCUT2D eigenvalue weighted by atomic mass is 32.2. The lowest BCUT2D eigenvalue weighted by molar-refractivity contribution is 0.0752. The van der Waals surface area contributed by atoms with E-state index in [9.17, 15) is 13.2 Å². The monoisotopic (exact) mass is 385 g/mol. The van der Waals surface area contributed by atoms with Gasteiger partial charge in [0.1, 0.15) is 0 Å². The Morgan fingerprint density at radius 2 is 1.81 bits per heavy atom. The van der Waals surface area contributed by atoms with E-state index in [2.05, 4.69) is 6.07 Å². The highest BCUT2D eigenvalue weighted by Gasteiger charge is 2.23. The number of rotatable bonds is 7. The van der Waals surface area contributed by atoms with Gasteiger partial charge < -0.3 is 4.90 Å². The van der Waals surface area contributed by atoms with Crippen LogP contribution in [-0.4, -0.2) is 39.4 Å². The minimum atomic E-state index is -3.80. The van der Waals surface area contributed by atoms with Crippen molar-refractivity contribution < 1.29 is 13.2 Å². The van der Waals surface area contributed by atoms with Gasteiger partial charge >= 0.3 is 0 Å². The van der Waals surface area contributed by atoms with Gasteiger partial charge in [-0.25, -0.2) is 8.42 Å². The lowest BCUT2D eigenvalue weighted by Gasteiger charge is -2.23. The molecular weight excluding hydrogens is 362 g/mol.